The Bertz CT molecular complexity index is 446. The van der Waals surface area contributed by atoms with E-state index < -0.39 is 0 Å². The van der Waals surface area contributed by atoms with E-state index in [0.29, 0.717) is 18.3 Å². The van der Waals surface area contributed by atoms with Crippen molar-refractivity contribution in [3.63, 3.8) is 0 Å². The van der Waals surface area contributed by atoms with Crippen molar-refractivity contribution in [1.29, 1.82) is 0 Å². The number of rotatable bonds is 8. The Morgan fingerprint density at radius 3 is 2.85 bits per heavy atom. The Balaban J connectivity index is 2.33. The van der Waals surface area contributed by atoms with Gasteiger partial charge in [0.1, 0.15) is 5.82 Å². The SMILES string of the molecule is CCCc1nc(NC(=O)CC(C)CCC=C(C)C)n[nH]1. The first-order valence-electron chi connectivity index (χ1n) is 7.35. The summed E-state index contributed by atoms with van der Waals surface area (Å²) in [6.07, 6.45) is 6.62. The number of aromatic nitrogens is 3. The van der Waals surface area contributed by atoms with Crippen LogP contribution in [0.1, 0.15) is 59.2 Å². The van der Waals surface area contributed by atoms with Gasteiger partial charge in [0.25, 0.3) is 0 Å². The molecule has 20 heavy (non-hydrogen) atoms. The van der Waals surface area contributed by atoms with Crippen LogP contribution in [0.25, 0.3) is 0 Å². The van der Waals surface area contributed by atoms with Crippen LogP contribution in [-0.4, -0.2) is 21.1 Å². The van der Waals surface area contributed by atoms with Crippen LogP contribution in [0.4, 0.5) is 5.95 Å². The number of carbonyl (C=O) groups excluding carboxylic acids is 1. The molecule has 0 radical (unpaired) electrons. The number of H-pyrrole nitrogens is 1. The second-order valence-corrected chi connectivity index (χ2v) is 5.57. The number of amides is 1. The summed E-state index contributed by atoms with van der Waals surface area (Å²) >= 11 is 0. The molecule has 0 spiro atoms. The maximum atomic E-state index is 11.9. The van der Waals surface area contributed by atoms with Crippen molar-refractivity contribution in [3.8, 4) is 0 Å². The second kappa shape index (κ2) is 8.51. The molecule has 1 atom stereocenters. The van der Waals surface area contributed by atoms with E-state index in [9.17, 15) is 4.79 Å². The molecule has 5 heteroatoms. The minimum Gasteiger partial charge on any atom is -0.293 e. The first kappa shape index (κ1) is 16.4. The molecule has 0 aliphatic carbocycles. The molecule has 0 bridgehead atoms. The van der Waals surface area contributed by atoms with E-state index in [1.807, 2.05) is 0 Å². The smallest absolute Gasteiger partial charge is 0.248 e. The van der Waals surface area contributed by atoms with Gasteiger partial charge in [0.2, 0.25) is 11.9 Å². The number of nitrogens with zero attached hydrogens (tertiary/aromatic N) is 2. The van der Waals surface area contributed by atoms with E-state index in [2.05, 4.69) is 54.3 Å². The summed E-state index contributed by atoms with van der Waals surface area (Å²) in [5.41, 5.74) is 1.32. The number of aryl methyl sites for hydroxylation is 1. The molecular weight excluding hydrogens is 252 g/mol. The molecule has 0 aromatic carbocycles. The van der Waals surface area contributed by atoms with Crippen molar-refractivity contribution in [2.24, 2.45) is 5.92 Å². The third kappa shape index (κ3) is 6.50. The molecule has 112 valence electrons. The van der Waals surface area contributed by atoms with Crippen LogP contribution in [0.2, 0.25) is 0 Å². The standard InChI is InChI=1S/C15H26N4O/c1-5-7-13-16-15(19-18-13)17-14(20)10-12(4)9-6-8-11(2)3/h8,12H,5-7,9-10H2,1-4H3,(H2,16,17,18,19,20). The number of hydrogen-bond donors (Lipinski definition) is 2. The van der Waals surface area contributed by atoms with Gasteiger partial charge in [-0.15, -0.1) is 5.10 Å². The molecular formula is C15H26N4O. The lowest BCUT2D eigenvalue weighted by Gasteiger charge is -2.08. The zero-order valence-corrected chi connectivity index (χ0v) is 13.0. The molecule has 1 rings (SSSR count). The lowest BCUT2D eigenvalue weighted by molar-refractivity contribution is -0.117. The number of aromatic amines is 1. The zero-order valence-electron chi connectivity index (χ0n) is 13.0. The summed E-state index contributed by atoms with van der Waals surface area (Å²) in [5, 5.41) is 9.56. The predicted molar refractivity (Wildman–Crippen MR) is 81.5 cm³/mol. The number of hydrogen-bond acceptors (Lipinski definition) is 3. The normalized spacial score (nSPS) is 12.0. The van der Waals surface area contributed by atoms with Crippen molar-refractivity contribution >= 4 is 11.9 Å². The van der Waals surface area contributed by atoms with Gasteiger partial charge < -0.3 is 0 Å². The predicted octanol–water partition coefficient (Wildman–Crippen LogP) is 3.47. The Kier molecular flexibility index (Phi) is 6.98. The van der Waals surface area contributed by atoms with Crippen LogP contribution >= 0.6 is 0 Å². The lowest BCUT2D eigenvalue weighted by Crippen LogP contribution is -2.16. The van der Waals surface area contributed by atoms with Crippen molar-refractivity contribution in [3.05, 3.63) is 17.5 Å². The van der Waals surface area contributed by atoms with Crippen LogP contribution in [0, 0.1) is 5.92 Å². The molecule has 5 nitrogen and oxygen atoms in total. The van der Waals surface area contributed by atoms with Crippen molar-refractivity contribution < 1.29 is 4.79 Å². The van der Waals surface area contributed by atoms with Crippen molar-refractivity contribution in [2.45, 2.75) is 59.8 Å². The fourth-order valence-electron chi connectivity index (χ4n) is 1.95. The summed E-state index contributed by atoms with van der Waals surface area (Å²) in [4.78, 5) is 16.1. The Morgan fingerprint density at radius 2 is 2.20 bits per heavy atom. The minimum absolute atomic E-state index is 0.0169. The van der Waals surface area contributed by atoms with E-state index >= 15 is 0 Å². The maximum Gasteiger partial charge on any atom is 0.248 e. The monoisotopic (exact) mass is 278 g/mol. The Morgan fingerprint density at radius 1 is 1.45 bits per heavy atom. The highest BCUT2D eigenvalue weighted by Crippen LogP contribution is 2.13. The van der Waals surface area contributed by atoms with Gasteiger partial charge in [-0.25, -0.2) is 0 Å². The first-order valence-corrected chi connectivity index (χ1v) is 7.35. The molecule has 0 aliphatic heterocycles. The van der Waals surface area contributed by atoms with Gasteiger partial charge in [0, 0.05) is 12.8 Å². The number of nitrogens with one attached hydrogen (secondary N) is 2. The number of anilines is 1. The molecule has 0 aliphatic rings. The van der Waals surface area contributed by atoms with Crippen LogP contribution in [0.15, 0.2) is 11.6 Å². The van der Waals surface area contributed by atoms with Gasteiger partial charge >= 0.3 is 0 Å². The molecule has 0 fully saturated rings. The highest BCUT2D eigenvalue weighted by Gasteiger charge is 2.11. The van der Waals surface area contributed by atoms with Crippen molar-refractivity contribution in [1.82, 2.24) is 15.2 Å². The second-order valence-electron chi connectivity index (χ2n) is 5.57. The van der Waals surface area contributed by atoms with Gasteiger partial charge in [-0.1, -0.05) is 25.5 Å². The fourth-order valence-corrected chi connectivity index (χ4v) is 1.95. The highest BCUT2D eigenvalue weighted by atomic mass is 16.1. The average molecular weight is 278 g/mol. The molecule has 2 N–H and O–H groups in total. The summed E-state index contributed by atoms with van der Waals surface area (Å²) in [7, 11) is 0. The highest BCUT2D eigenvalue weighted by molar-refractivity contribution is 5.88. The third-order valence-corrected chi connectivity index (χ3v) is 3.02. The van der Waals surface area contributed by atoms with Gasteiger partial charge in [-0.2, -0.15) is 4.98 Å². The van der Waals surface area contributed by atoms with Crippen LogP contribution in [-0.2, 0) is 11.2 Å². The Hall–Kier alpha value is -1.65. The number of carbonyl (C=O) groups is 1. The van der Waals surface area contributed by atoms with Crippen molar-refractivity contribution in [2.75, 3.05) is 5.32 Å². The van der Waals surface area contributed by atoms with Crippen LogP contribution in [0.5, 0.6) is 0 Å². The summed E-state index contributed by atoms with van der Waals surface area (Å²) in [5.74, 6) is 1.55. The van der Waals surface area contributed by atoms with E-state index in [1.165, 1.54) is 5.57 Å². The largest absolute Gasteiger partial charge is 0.293 e. The van der Waals surface area contributed by atoms with E-state index in [0.717, 1.165) is 31.5 Å². The quantitative estimate of drug-likeness (QED) is 0.715. The first-order chi connectivity index (χ1) is 9.51. The van der Waals surface area contributed by atoms with Crippen LogP contribution < -0.4 is 5.32 Å². The summed E-state index contributed by atoms with van der Waals surface area (Å²) < 4.78 is 0. The molecule has 1 aromatic heterocycles. The molecule has 0 saturated heterocycles. The summed E-state index contributed by atoms with van der Waals surface area (Å²) in [6, 6.07) is 0. The average Bonchev–Trinajstić information content (AvgIpc) is 2.76. The molecule has 1 heterocycles. The maximum absolute atomic E-state index is 11.9. The molecule has 0 saturated carbocycles. The van der Waals surface area contributed by atoms with Crippen LogP contribution in [0.3, 0.4) is 0 Å². The van der Waals surface area contributed by atoms with E-state index in [1.54, 1.807) is 0 Å². The van der Waals surface area contributed by atoms with Gasteiger partial charge in [0.05, 0.1) is 0 Å². The lowest BCUT2D eigenvalue weighted by atomic mass is 10.0. The third-order valence-electron chi connectivity index (χ3n) is 3.02. The molecule has 1 amide bonds. The van der Waals surface area contributed by atoms with E-state index in [4.69, 9.17) is 0 Å². The molecule has 1 aromatic rings. The summed E-state index contributed by atoms with van der Waals surface area (Å²) in [6.45, 7) is 8.36. The topological polar surface area (TPSA) is 70.7 Å². The Labute approximate surface area is 121 Å². The number of allylic oxidation sites excluding steroid dienone is 2. The minimum atomic E-state index is -0.0169. The fraction of sp³-hybridized carbons (Fsp3) is 0.667. The molecule has 1 unspecified atom stereocenters. The van der Waals surface area contributed by atoms with E-state index in [-0.39, 0.29) is 5.91 Å². The van der Waals surface area contributed by atoms with Gasteiger partial charge in [0.15, 0.2) is 0 Å². The zero-order chi connectivity index (χ0) is 15.0. The van der Waals surface area contributed by atoms with Gasteiger partial charge in [-0.05, 0) is 39.0 Å². The van der Waals surface area contributed by atoms with Gasteiger partial charge in [-0.3, -0.25) is 15.2 Å².